The number of rotatable bonds is 4. The van der Waals surface area contributed by atoms with Crippen LogP contribution in [0.15, 0.2) is 41.2 Å². The van der Waals surface area contributed by atoms with Gasteiger partial charge in [-0.3, -0.25) is 4.90 Å². The Kier molecular flexibility index (Phi) is 3.55. The molecule has 0 radical (unpaired) electrons. The fourth-order valence-electron chi connectivity index (χ4n) is 2.73. The molecule has 7 nitrogen and oxygen atoms in total. The molecule has 0 bridgehead atoms. The van der Waals surface area contributed by atoms with E-state index in [4.69, 9.17) is 9.26 Å². The van der Waals surface area contributed by atoms with E-state index in [9.17, 15) is 0 Å². The monoisotopic (exact) mass is 311 g/mol. The van der Waals surface area contributed by atoms with Crippen LogP contribution in [0.1, 0.15) is 11.7 Å². The standard InChI is InChI=1S/C16H17N5O2/c1-22-13-4-2-12(3-5-13)16-18-15(23-19-16)11-20-8-9-21-7-6-17-14(21)10-20/h2-7H,8-11H2,1H3. The summed E-state index contributed by atoms with van der Waals surface area (Å²) in [4.78, 5) is 11.1. The topological polar surface area (TPSA) is 69.2 Å². The van der Waals surface area contributed by atoms with E-state index in [0.717, 1.165) is 36.8 Å². The first-order valence-electron chi connectivity index (χ1n) is 7.51. The van der Waals surface area contributed by atoms with Crippen molar-refractivity contribution in [2.75, 3.05) is 13.7 Å². The molecule has 4 rings (SSSR count). The van der Waals surface area contributed by atoms with Crippen LogP contribution in [0.2, 0.25) is 0 Å². The Morgan fingerprint density at radius 2 is 2.09 bits per heavy atom. The van der Waals surface area contributed by atoms with Gasteiger partial charge in [0, 0.05) is 31.0 Å². The third-order valence-corrected chi connectivity index (χ3v) is 4.00. The van der Waals surface area contributed by atoms with Gasteiger partial charge in [-0.05, 0) is 24.3 Å². The van der Waals surface area contributed by atoms with E-state index in [2.05, 4.69) is 24.6 Å². The Morgan fingerprint density at radius 1 is 1.22 bits per heavy atom. The maximum Gasteiger partial charge on any atom is 0.241 e. The Morgan fingerprint density at radius 3 is 2.91 bits per heavy atom. The van der Waals surface area contributed by atoms with Crippen LogP contribution < -0.4 is 4.74 Å². The summed E-state index contributed by atoms with van der Waals surface area (Å²) >= 11 is 0. The number of benzene rings is 1. The first-order chi connectivity index (χ1) is 11.3. The smallest absolute Gasteiger partial charge is 0.241 e. The van der Waals surface area contributed by atoms with Gasteiger partial charge in [-0.2, -0.15) is 4.98 Å². The molecule has 0 fully saturated rings. The Hall–Kier alpha value is -2.67. The highest BCUT2D eigenvalue weighted by Gasteiger charge is 2.19. The van der Waals surface area contributed by atoms with Crippen LogP contribution in [0.25, 0.3) is 11.4 Å². The summed E-state index contributed by atoms with van der Waals surface area (Å²) in [6.07, 6.45) is 3.86. The molecule has 1 aromatic carbocycles. The van der Waals surface area contributed by atoms with Gasteiger partial charge in [0.25, 0.3) is 0 Å². The van der Waals surface area contributed by atoms with E-state index in [0.29, 0.717) is 18.3 Å². The Labute approximate surface area is 133 Å². The van der Waals surface area contributed by atoms with E-state index in [1.807, 2.05) is 36.7 Å². The molecule has 2 aromatic heterocycles. The quantitative estimate of drug-likeness (QED) is 0.733. The highest BCUT2D eigenvalue weighted by atomic mass is 16.5. The maximum absolute atomic E-state index is 5.39. The van der Waals surface area contributed by atoms with E-state index >= 15 is 0 Å². The number of hydrogen-bond donors (Lipinski definition) is 0. The molecule has 0 saturated heterocycles. The maximum atomic E-state index is 5.39. The summed E-state index contributed by atoms with van der Waals surface area (Å²) in [5.74, 6) is 3.10. The van der Waals surface area contributed by atoms with Crippen molar-refractivity contribution in [1.82, 2.24) is 24.6 Å². The van der Waals surface area contributed by atoms with Gasteiger partial charge < -0.3 is 13.8 Å². The fraction of sp³-hybridized carbons (Fsp3) is 0.312. The fourth-order valence-corrected chi connectivity index (χ4v) is 2.73. The molecular formula is C16H17N5O2. The molecule has 0 N–H and O–H groups in total. The summed E-state index contributed by atoms with van der Waals surface area (Å²) in [6, 6.07) is 7.61. The largest absolute Gasteiger partial charge is 0.497 e. The van der Waals surface area contributed by atoms with Gasteiger partial charge in [0.1, 0.15) is 11.6 Å². The molecular weight excluding hydrogens is 294 g/mol. The summed E-state index contributed by atoms with van der Waals surface area (Å²) < 4.78 is 12.7. The minimum absolute atomic E-state index is 0.598. The van der Waals surface area contributed by atoms with E-state index < -0.39 is 0 Å². The first kappa shape index (κ1) is 14.0. The highest BCUT2D eigenvalue weighted by Crippen LogP contribution is 2.20. The molecule has 0 amide bonds. The van der Waals surface area contributed by atoms with Crippen LogP contribution in [-0.4, -0.2) is 38.2 Å². The number of nitrogens with zero attached hydrogens (tertiary/aromatic N) is 5. The molecule has 23 heavy (non-hydrogen) atoms. The number of ether oxygens (including phenoxy) is 1. The molecule has 7 heteroatoms. The molecule has 0 saturated carbocycles. The van der Waals surface area contributed by atoms with Crippen molar-refractivity contribution in [2.45, 2.75) is 19.6 Å². The normalized spacial score (nSPS) is 14.7. The lowest BCUT2D eigenvalue weighted by Gasteiger charge is -2.25. The van der Waals surface area contributed by atoms with Gasteiger partial charge >= 0.3 is 0 Å². The minimum atomic E-state index is 0.598. The highest BCUT2D eigenvalue weighted by molar-refractivity contribution is 5.55. The molecule has 1 aliphatic rings. The summed E-state index contributed by atoms with van der Waals surface area (Å²) in [6.45, 7) is 3.32. The number of hydrogen-bond acceptors (Lipinski definition) is 6. The van der Waals surface area contributed by atoms with E-state index in [-0.39, 0.29) is 0 Å². The Balaban J connectivity index is 1.46. The zero-order valence-corrected chi connectivity index (χ0v) is 12.8. The van der Waals surface area contributed by atoms with E-state index in [1.54, 1.807) is 7.11 Å². The van der Waals surface area contributed by atoms with Gasteiger partial charge in [0.05, 0.1) is 20.2 Å². The lowest BCUT2D eigenvalue weighted by Crippen LogP contribution is -2.33. The second-order valence-electron chi connectivity index (χ2n) is 5.49. The summed E-state index contributed by atoms with van der Waals surface area (Å²) in [5.41, 5.74) is 0.912. The van der Waals surface area contributed by atoms with Crippen LogP contribution in [-0.2, 0) is 19.6 Å². The third-order valence-electron chi connectivity index (χ3n) is 4.00. The zero-order chi connectivity index (χ0) is 15.6. The van der Waals surface area contributed by atoms with Gasteiger partial charge in [-0.1, -0.05) is 5.16 Å². The zero-order valence-electron chi connectivity index (χ0n) is 12.8. The van der Waals surface area contributed by atoms with Crippen molar-refractivity contribution < 1.29 is 9.26 Å². The molecule has 0 aliphatic carbocycles. The SMILES string of the molecule is COc1ccc(-c2noc(CN3CCn4ccnc4C3)n2)cc1. The number of aromatic nitrogens is 4. The van der Waals surface area contributed by atoms with Crippen molar-refractivity contribution in [3.63, 3.8) is 0 Å². The molecule has 3 heterocycles. The minimum Gasteiger partial charge on any atom is -0.497 e. The molecule has 118 valence electrons. The number of imidazole rings is 1. The third kappa shape index (κ3) is 2.83. The van der Waals surface area contributed by atoms with Crippen LogP contribution in [0.4, 0.5) is 0 Å². The van der Waals surface area contributed by atoms with Gasteiger partial charge in [-0.15, -0.1) is 0 Å². The van der Waals surface area contributed by atoms with Crippen LogP contribution in [0, 0.1) is 0 Å². The first-order valence-corrected chi connectivity index (χ1v) is 7.51. The van der Waals surface area contributed by atoms with Crippen molar-refractivity contribution in [2.24, 2.45) is 0 Å². The van der Waals surface area contributed by atoms with Gasteiger partial charge in [0.2, 0.25) is 11.7 Å². The van der Waals surface area contributed by atoms with Gasteiger partial charge in [-0.25, -0.2) is 4.98 Å². The predicted octanol–water partition coefficient (Wildman–Crippen LogP) is 1.96. The van der Waals surface area contributed by atoms with E-state index in [1.165, 1.54) is 0 Å². The molecule has 0 atom stereocenters. The van der Waals surface area contributed by atoms with Crippen molar-refractivity contribution >= 4 is 0 Å². The number of methoxy groups -OCH3 is 1. The second-order valence-corrected chi connectivity index (χ2v) is 5.49. The van der Waals surface area contributed by atoms with Gasteiger partial charge in [0.15, 0.2) is 0 Å². The summed E-state index contributed by atoms with van der Waals surface area (Å²) in [5, 5.41) is 4.07. The van der Waals surface area contributed by atoms with Crippen molar-refractivity contribution in [3.05, 3.63) is 48.4 Å². The lowest BCUT2D eigenvalue weighted by molar-refractivity contribution is 0.183. The average molecular weight is 311 g/mol. The van der Waals surface area contributed by atoms with Crippen molar-refractivity contribution in [3.8, 4) is 17.1 Å². The average Bonchev–Trinajstić information content (AvgIpc) is 3.24. The molecule has 0 unspecified atom stereocenters. The molecule has 0 spiro atoms. The second kappa shape index (κ2) is 5.85. The predicted molar refractivity (Wildman–Crippen MR) is 82.6 cm³/mol. The van der Waals surface area contributed by atoms with Crippen LogP contribution in [0.3, 0.4) is 0 Å². The number of fused-ring (bicyclic) bond motifs is 1. The summed E-state index contributed by atoms with van der Waals surface area (Å²) in [7, 11) is 1.64. The van der Waals surface area contributed by atoms with Crippen LogP contribution in [0.5, 0.6) is 5.75 Å². The Bertz CT molecular complexity index is 793. The molecule has 3 aromatic rings. The lowest BCUT2D eigenvalue weighted by atomic mass is 10.2. The van der Waals surface area contributed by atoms with Crippen molar-refractivity contribution in [1.29, 1.82) is 0 Å². The molecule has 1 aliphatic heterocycles. The van der Waals surface area contributed by atoms with Crippen LogP contribution >= 0.6 is 0 Å².